The first-order valence-corrected chi connectivity index (χ1v) is 9.48. The van der Waals surface area contributed by atoms with Gasteiger partial charge in [0.2, 0.25) is 11.8 Å². The van der Waals surface area contributed by atoms with Crippen molar-refractivity contribution in [2.75, 3.05) is 52.4 Å². The molecule has 2 aliphatic heterocycles. The molecule has 3 heterocycles. The van der Waals surface area contributed by atoms with Gasteiger partial charge in [0.05, 0.1) is 6.54 Å². The molecular weight excluding hydrogens is 334 g/mol. The maximum absolute atomic E-state index is 12.3. The number of piperazine rings is 1. The second-order valence-electron chi connectivity index (χ2n) is 6.75. The van der Waals surface area contributed by atoms with Crippen LogP contribution in [0.5, 0.6) is 0 Å². The van der Waals surface area contributed by atoms with Crippen LogP contribution < -0.4 is 5.32 Å². The highest BCUT2D eigenvalue weighted by Crippen LogP contribution is 2.09. The lowest BCUT2D eigenvalue weighted by molar-refractivity contribution is -0.131. The third kappa shape index (κ3) is 4.94. The Hall–Kier alpha value is -2.16. The Kier molecular flexibility index (Phi) is 6.43. The third-order valence-corrected chi connectivity index (χ3v) is 4.76. The molecule has 2 saturated heterocycles. The molecule has 2 fully saturated rings. The van der Waals surface area contributed by atoms with E-state index < -0.39 is 0 Å². The van der Waals surface area contributed by atoms with Crippen LogP contribution in [0.3, 0.4) is 0 Å². The van der Waals surface area contributed by atoms with Gasteiger partial charge >= 0.3 is 0 Å². The van der Waals surface area contributed by atoms with E-state index >= 15 is 0 Å². The lowest BCUT2D eigenvalue weighted by atomic mass is 10.3. The molecule has 2 aliphatic rings. The number of hydrogen-bond acceptors (Lipinski definition) is 6. The van der Waals surface area contributed by atoms with Crippen molar-refractivity contribution in [2.24, 2.45) is 4.99 Å². The molecule has 9 heteroatoms. The molecular formula is C17H29N7O2. The highest BCUT2D eigenvalue weighted by Gasteiger charge is 2.24. The first-order valence-electron chi connectivity index (χ1n) is 9.48. The number of hydrogen-bond donors (Lipinski definition) is 1. The van der Waals surface area contributed by atoms with E-state index in [1.165, 1.54) is 0 Å². The van der Waals surface area contributed by atoms with Crippen LogP contribution in [-0.4, -0.2) is 89.1 Å². The second kappa shape index (κ2) is 8.98. The summed E-state index contributed by atoms with van der Waals surface area (Å²) in [5.41, 5.74) is 0. The monoisotopic (exact) mass is 363 g/mol. The maximum atomic E-state index is 12.3. The summed E-state index contributed by atoms with van der Waals surface area (Å²) in [6.07, 6.45) is 2.28. The van der Waals surface area contributed by atoms with Gasteiger partial charge in [0.1, 0.15) is 6.54 Å². The van der Waals surface area contributed by atoms with E-state index in [1.54, 1.807) is 6.92 Å². The van der Waals surface area contributed by atoms with Crippen LogP contribution in [0.4, 0.5) is 0 Å². The van der Waals surface area contributed by atoms with E-state index in [2.05, 4.69) is 37.2 Å². The molecule has 0 aromatic carbocycles. The van der Waals surface area contributed by atoms with Crippen molar-refractivity contribution < 1.29 is 9.32 Å². The predicted molar refractivity (Wildman–Crippen MR) is 97.7 cm³/mol. The third-order valence-electron chi connectivity index (χ3n) is 4.76. The Morgan fingerprint density at radius 3 is 2.50 bits per heavy atom. The van der Waals surface area contributed by atoms with Crippen LogP contribution in [0, 0.1) is 6.92 Å². The average Bonchev–Trinajstić information content (AvgIpc) is 3.31. The van der Waals surface area contributed by atoms with E-state index in [-0.39, 0.29) is 5.91 Å². The van der Waals surface area contributed by atoms with E-state index in [9.17, 15) is 4.79 Å². The molecule has 0 spiro atoms. The summed E-state index contributed by atoms with van der Waals surface area (Å²) in [7, 11) is 0. The Balaban J connectivity index is 1.49. The maximum Gasteiger partial charge on any atom is 0.236 e. The van der Waals surface area contributed by atoms with Gasteiger partial charge in [0.15, 0.2) is 11.8 Å². The molecule has 0 saturated carbocycles. The number of carbonyl (C=O) groups is 1. The fraction of sp³-hybridized carbons (Fsp3) is 0.765. The number of aliphatic imine (C=N–C) groups is 1. The SMILES string of the molecule is CCNC(=NCc1noc(C)n1)N1CCN(CC(=O)N2CCCC2)CC1. The predicted octanol–water partition coefficient (Wildman–Crippen LogP) is 0.0835. The number of aromatic nitrogens is 2. The van der Waals surface area contributed by atoms with Gasteiger partial charge in [0, 0.05) is 52.7 Å². The topological polar surface area (TPSA) is 90.1 Å². The standard InChI is InChI=1S/C17H29N7O2/c1-3-18-17(19-12-15-20-14(2)26-21-15)24-10-8-22(9-11-24)13-16(25)23-6-4-5-7-23/h3-13H2,1-2H3,(H,18,19). The molecule has 0 atom stereocenters. The zero-order valence-corrected chi connectivity index (χ0v) is 15.8. The quantitative estimate of drug-likeness (QED) is 0.585. The van der Waals surface area contributed by atoms with Crippen LogP contribution >= 0.6 is 0 Å². The zero-order valence-electron chi connectivity index (χ0n) is 15.8. The van der Waals surface area contributed by atoms with Crippen LogP contribution in [0.25, 0.3) is 0 Å². The molecule has 1 N–H and O–H groups in total. The Morgan fingerprint density at radius 1 is 1.15 bits per heavy atom. The van der Waals surface area contributed by atoms with Crippen molar-refractivity contribution in [3.05, 3.63) is 11.7 Å². The molecule has 26 heavy (non-hydrogen) atoms. The van der Waals surface area contributed by atoms with Gasteiger partial charge in [-0.05, 0) is 19.8 Å². The number of aryl methyl sites for hydroxylation is 1. The summed E-state index contributed by atoms with van der Waals surface area (Å²) in [4.78, 5) is 27.6. The second-order valence-corrected chi connectivity index (χ2v) is 6.75. The fourth-order valence-corrected chi connectivity index (χ4v) is 3.35. The molecule has 1 aromatic rings. The summed E-state index contributed by atoms with van der Waals surface area (Å²) in [6, 6.07) is 0. The van der Waals surface area contributed by atoms with Crippen molar-refractivity contribution in [2.45, 2.75) is 33.2 Å². The Morgan fingerprint density at radius 2 is 1.88 bits per heavy atom. The summed E-state index contributed by atoms with van der Waals surface area (Å²) < 4.78 is 4.99. The molecule has 144 valence electrons. The minimum atomic E-state index is 0.268. The average molecular weight is 363 g/mol. The summed E-state index contributed by atoms with van der Waals surface area (Å²) >= 11 is 0. The first-order chi connectivity index (χ1) is 12.7. The van der Waals surface area contributed by atoms with Gasteiger partial charge in [-0.1, -0.05) is 5.16 Å². The highest BCUT2D eigenvalue weighted by molar-refractivity contribution is 5.80. The molecule has 3 rings (SSSR count). The first kappa shape index (κ1) is 18.6. The van der Waals surface area contributed by atoms with Crippen molar-refractivity contribution in [3.8, 4) is 0 Å². The van der Waals surface area contributed by atoms with E-state index in [0.717, 1.165) is 64.6 Å². The van der Waals surface area contributed by atoms with Crippen LogP contribution in [0.15, 0.2) is 9.52 Å². The number of carbonyl (C=O) groups excluding carboxylic acids is 1. The Labute approximate surface area is 154 Å². The molecule has 0 radical (unpaired) electrons. The summed E-state index contributed by atoms with van der Waals surface area (Å²) in [5, 5.41) is 7.21. The van der Waals surface area contributed by atoms with Crippen molar-refractivity contribution in [1.82, 2.24) is 30.2 Å². The largest absolute Gasteiger partial charge is 0.357 e. The van der Waals surface area contributed by atoms with Crippen LogP contribution in [0.2, 0.25) is 0 Å². The van der Waals surface area contributed by atoms with Gasteiger partial charge in [-0.25, -0.2) is 4.99 Å². The molecule has 1 amide bonds. The number of nitrogens with one attached hydrogen (secondary N) is 1. The minimum absolute atomic E-state index is 0.268. The normalized spacial score (nSPS) is 19.2. The number of nitrogens with zero attached hydrogens (tertiary/aromatic N) is 6. The summed E-state index contributed by atoms with van der Waals surface area (Å²) in [6.45, 7) is 10.8. The summed E-state index contributed by atoms with van der Waals surface area (Å²) in [5.74, 6) is 2.27. The van der Waals surface area contributed by atoms with Crippen molar-refractivity contribution in [3.63, 3.8) is 0 Å². The van der Waals surface area contributed by atoms with Gasteiger partial charge in [0.25, 0.3) is 0 Å². The zero-order chi connectivity index (χ0) is 18.4. The molecule has 1 aromatic heterocycles. The molecule has 9 nitrogen and oxygen atoms in total. The highest BCUT2D eigenvalue weighted by atomic mass is 16.5. The molecule has 0 aliphatic carbocycles. The van der Waals surface area contributed by atoms with E-state index in [0.29, 0.717) is 24.8 Å². The smallest absolute Gasteiger partial charge is 0.236 e. The minimum Gasteiger partial charge on any atom is -0.357 e. The van der Waals surface area contributed by atoms with Crippen molar-refractivity contribution in [1.29, 1.82) is 0 Å². The molecule has 0 bridgehead atoms. The van der Waals surface area contributed by atoms with Gasteiger partial charge in [-0.15, -0.1) is 0 Å². The number of rotatable bonds is 5. The number of amides is 1. The lowest BCUT2D eigenvalue weighted by Crippen LogP contribution is -2.54. The van der Waals surface area contributed by atoms with Crippen LogP contribution in [-0.2, 0) is 11.3 Å². The van der Waals surface area contributed by atoms with Gasteiger partial charge < -0.3 is 19.6 Å². The number of guanidine groups is 1. The van der Waals surface area contributed by atoms with Gasteiger partial charge in [-0.3, -0.25) is 9.69 Å². The Bertz CT molecular complexity index is 616. The van der Waals surface area contributed by atoms with Gasteiger partial charge in [-0.2, -0.15) is 4.98 Å². The molecule has 0 unspecified atom stereocenters. The fourth-order valence-electron chi connectivity index (χ4n) is 3.35. The van der Waals surface area contributed by atoms with E-state index in [4.69, 9.17) is 4.52 Å². The van der Waals surface area contributed by atoms with Crippen molar-refractivity contribution >= 4 is 11.9 Å². The lowest BCUT2D eigenvalue weighted by Gasteiger charge is -2.36. The van der Waals surface area contributed by atoms with E-state index in [1.807, 2.05) is 4.90 Å². The number of likely N-dealkylation sites (tertiary alicyclic amines) is 1. The van der Waals surface area contributed by atoms with Crippen LogP contribution in [0.1, 0.15) is 31.5 Å².